The summed E-state index contributed by atoms with van der Waals surface area (Å²) in [4.78, 5) is 49.6. The summed E-state index contributed by atoms with van der Waals surface area (Å²) < 4.78 is 0. The van der Waals surface area contributed by atoms with Gasteiger partial charge in [0.05, 0.1) is 11.1 Å². The molecule has 0 radical (unpaired) electrons. The number of hydrogen-bond acceptors (Lipinski definition) is 4. The molecular weight excluding hydrogens is 308 g/mol. The summed E-state index contributed by atoms with van der Waals surface area (Å²) in [6.07, 6.45) is 0.296. The minimum Gasteiger partial charge on any atom is -0.295 e. The maximum atomic E-state index is 12.7. The van der Waals surface area contributed by atoms with Crippen LogP contribution in [0.5, 0.6) is 0 Å². The Kier molecular flexibility index (Phi) is 3.99. The van der Waals surface area contributed by atoms with Crippen LogP contribution in [0, 0.1) is 5.92 Å². The van der Waals surface area contributed by atoms with Crippen LogP contribution in [0.4, 0.5) is 0 Å². The van der Waals surface area contributed by atoms with Gasteiger partial charge < -0.3 is 0 Å². The number of carbonyl (C=O) groups is 4. The number of carbonyl (C=O) groups excluding carboxylic acids is 4. The van der Waals surface area contributed by atoms with Gasteiger partial charge in [-0.1, -0.05) is 26.8 Å². The van der Waals surface area contributed by atoms with Crippen LogP contribution in [0.3, 0.4) is 0 Å². The van der Waals surface area contributed by atoms with Gasteiger partial charge in [-0.2, -0.15) is 0 Å². The van der Waals surface area contributed by atoms with Crippen LogP contribution < -0.4 is 5.32 Å². The molecule has 6 nitrogen and oxygen atoms in total. The van der Waals surface area contributed by atoms with Crippen molar-refractivity contribution in [3.8, 4) is 0 Å². The highest BCUT2D eigenvalue weighted by molar-refractivity contribution is 6.23. The Morgan fingerprint density at radius 1 is 1.04 bits per heavy atom. The molecule has 1 N–H and O–H groups in total. The van der Waals surface area contributed by atoms with Crippen molar-refractivity contribution >= 4 is 23.6 Å². The Morgan fingerprint density at radius 2 is 1.71 bits per heavy atom. The quantitative estimate of drug-likeness (QED) is 0.858. The van der Waals surface area contributed by atoms with E-state index in [2.05, 4.69) is 26.1 Å². The van der Waals surface area contributed by atoms with Crippen molar-refractivity contribution in [3.05, 3.63) is 34.9 Å². The highest BCUT2D eigenvalue weighted by Crippen LogP contribution is 2.31. The maximum absolute atomic E-state index is 12.7. The predicted octanol–water partition coefficient (Wildman–Crippen LogP) is 1.85. The standard InChI is InChI=1S/C18H20N2O4/c1-9(2)10(3)11-4-5-12-13(8-11)18(24)20(17(12)23)14-6-7-15(21)19-16(14)22/h4-5,8-10,14H,6-7H2,1-3H3,(H,19,21,22). The van der Waals surface area contributed by atoms with Gasteiger partial charge in [-0.15, -0.1) is 0 Å². The molecule has 1 aromatic carbocycles. The van der Waals surface area contributed by atoms with E-state index in [4.69, 9.17) is 0 Å². The normalized spacial score (nSPS) is 22.0. The number of fused-ring (bicyclic) bond motifs is 1. The molecule has 2 heterocycles. The Labute approximate surface area is 140 Å². The van der Waals surface area contributed by atoms with E-state index >= 15 is 0 Å². The minimum atomic E-state index is -0.916. The Morgan fingerprint density at radius 3 is 2.33 bits per heavy atom. The zero-order valence-corrected chi connectivity index (χ0v) is 14.0. The van der Waals surface area contributed by atoms with E-state index in [9.17, 15) is 19.2 Å². The molecule has 6 heteroatoms. The second kappa shape index (κ2) is 5.85. The molecule has 1 aromatic rings. The third kappa shape index (κ3) is 2.52. The van der Waals surface area contributed by atoms with Gasteiger partial charge in [-0.3, -0.25) is 29.4 Å². The van der Waals surface area contributed by atoms with Gasteiger partial charge in [0.1, 0.15) is 6.04 Å². The highest BCUT2D eigenvalue weighted by Gasteiger charge is 2.44. The van der Waals surface area contributed by atoms with Crippen LogP contribution in [-0.4, -0.2) is 34.6 Å². The second-order valence-electron chi connectivity index (χ2n) is 6.78. The third-order valence-corrected chi connectivity index (χ3v) is 4.99. The molecule has 0 spiro atoms. The molecular formula is C18H20N2O4. The molecule has 4 amide bonds. The van der Waals surface area contributed by atoms with E-state index in [0.717, 1.165) is 10.5 Å². The molecule has 2 aliphatic heterocycles. The fourth-order valence-electron chi connectivity index (χ4n) is 3.16. The molecule has 126 valence electrons. The van der Waals surface area contributed by atoms with Crippen molar-refractivity contribution in [2.45, 2.75) is 45.6 Å². The fraction of sp³-hybridized carbons (Fsp3) is 0.444. The van der Waals surface area contributed by atoms with Gasteiger partial charge in [0, 0.05) is 6.42 Å². The fourth-order valence-corrected chi connectivity index (χ4v) is 3.16. The monoisotopic (exact) mass is 328 g/mol. The molecule has 3 rings (SSSR count). The summed E-state index contributed by atoms with van der Waals surface area (Å²) in [5.41, 5.74) is 1.66. The number of imide groups is 2. The summed E-state index contributed by atoms with van der Waals surface area (Å²) in [6.45, 7) is 6.27. The largest absolute Gasteiger partial charge is 0.295 e. The average Bonchev–Trinajstić information content (AvgIpc) is 2.78. The Hall–Kier alpha value is -2.50. The Bertz CT molecular complexity index is 753. The van der Waals surface area contributed by atoms with Crippen molar-refractivity contribution < 1.29 is 19.2 Å². The van der Waals surface area contributed by atoms with Crippen LogP contribution in [-0.2, 0) is 9.59 Å². The lowest BCUT2D eigenvalue weighted by molar-refractivity contribution is -0.136. The molecule has 1 fully saturated rings. The first-order valence-corrected chi connectivity index (χ1v) is 8.16. The number of piperidine rings is 1. The van der Waals surface area contributed by atoms with E-state index in [1.807, 2.05) is 6.07 Å². The van der Waals surface area contributed by atoms with Crippen molar-refractivity contribution in [3.63, 3.8) is 0 Å². The first-order chi connectivity index (χ1) is 11.3. The summed E-state index contributed by atoms with van der Waals surface area (Å²) in [6, 6.07) is 4.37. The number of nitrogens with one attached hydrogen (secondary N) is 1. The Balaban J connectivity index is 1.94. The van der Waals surface area contributed by atoms with Crippen molar-refractivity contribution in [1.82, 2.24) is 10.2 Å². The molecule has 0 bridgehead atoms. The van der Waals surface area contributed by atoms with Crippen molar-refractivity contribution in [2.24, 2.45) is 5.92 Å². The average molecular weight is 328 g/mol. The van der Waals surface area contributed by atoms with Gasteiger partial charge in [-0.25, -0.2) is 0 Å². The molecule has 0 saturated carbocycles. The lowest BCUT2D eigenvalue weighted by Crippen LogP contribution is -2.54. The van der Waals surface area contributed by atoms with Crippen LogP contribution >= 0.6 is 0 Å². The number of rotatable bonds is 3. The van der Waals surface area contributed by atoms with Crippen LogP contribution in [0.2, 0.25) is 0 Å². The number of benzene rings is 1. The lowest BCUT2D eigenvalue weighted by Gasteiger charge is -2.27. The summed E-state index contributed by atoms with van der Waals surface area (Å²) >= 11 is 0. The third-order valence-electron chi connectivity index (χ3n) is 4.99. The minimum absolute atomic E-state index is 0.124. The van der Waals surface area contributed by atoms with E-state index in [1.165, 1.54) is 0 Å². The van der Waals surface area contributed by atoms with Crippen molar-refractivity contribution in [1.29, 1.82) is 0 Å². The van der Waals surface area contributed by atoms with E-state index < -0.39 is 23.8 Å². The van der Waals surface area contributed by atoms with E-state index in [1.54, 1.807) is 12.1 Å². The highest BCUT2D eigenvalue weighted by atomic mass is 16.2. The predicted molar refractivity (Wildman–Crippen MR) is 86.4 cm³/mol. The van der Waals surface area contributed by atoms with E-state index in [0.29, 0.717) is 17.0 Å². The van der Waals surface area contributed by atoms with Gasteiger partial charge >= 0.3 is 0 Å². The molecule has 2 atom stereocenters. The van der Waals surface area contributed by atoms with Crippen LogP contribution in [0.15, 0.2) is 18.2 Å². The van der Waals surface area contributed by atoms with Gasteiger partial charge in [0.15, 0.2) is 0 Å². The first kappa shape index (κ1) is 16.4. The summed E-state index contributed by atoms with van der Waals surface area (Å²) in [5.74, 6) is -1.22. The lowest BCUT2D eigenvalue weighted by atomic mass is 9.88. The van der Waals surface area contributed by atoms with Gasteiger partial charge in [0.2, 0.25) is 11.8 Å². The SMILES string of the molecule is CC(C)C(C)c1ccc2c(c1)C(=O)N(C1CCC(=O)NC1=O)C2=O. The summed E-state index contributed by atoms with van der Waals surface area (Å²) in [7, 11) is 0. The van der Waals surface area contributed by atoms with Gasteiger partial charge in [0.25, 0.3) is 11.8 Å². The molecule has 1 saturated heterocycles. The van der Waals surface area contributed by atoms with Crippen LogP contribution in [0.1, 0.15) is 65.8 Å². The summed E-state index contributed by atoms with van der Waals surface area (Å²) in [5, 5.41) is 2.19. The topological polar surface area (TPSA) is 83.6 Å². The molecule has 0 aliphatic carbocycles. The number of amides is 4. The van der Waals surface area contributed by atoms with Gasteiger partial charge in [-0.05, 0) is 36.0 Å². The maximum Gasteiger partial charge on any atom is 0.262 e. The second-order valence-corrected chi connectivity index (χ2v) is 6.78. The molecule has 0 aromatic heterocycles. The number of nitrogens with zero attached hydrogens (tertiary/aromatic N) is 1. The molecule has 2 aliphatic rings. The number of hydrogen-bond donors (Lipinski definition) is 1. The van der Waals surface area contributed by atoms with E-state index in [-0.39, 0.29) is 24.7 Å². The molecule has 2 unspecified atom stereocenters. The smallest absolute Gasteiger partial charge is 0.262 e. The zero-order chi connectivity index (χ0) is 17.6. The zero-order valence-electron chi connectivity index (χ0n) is 14.0. The van der Waals surface area contributed by atoms with Crippen LogP contribution in [0.25, 0.3) is 0 Å². The molecule has 24 heavy (non-hydrogen) atoms. The first-order valence-electron chi connectivity index (χ1n) is 8.16. The van der Waals surface area contributed by atoms with Crippen molar-refractivity contribution in [2.75, 3.05) is 0 Å².